The van der Waals surface area contributed by atoms with E-state index < -0.39 is 24.0 Å². The van der Waals surface area contributed by atoms with Crippen molar-refractivity contribution in [2.24, 2.45) is 0 Å². The molecule has 1 rings (SSSR count). The van der Waals surface area contributed by atoms with Crippen molar-refractivity contribution < 1.29 is 28.6 Å². The molecule has 1 unspecified atom stereocenters. The number of esters is 3. The molecule has 0 saturated heterocycles. The standard InChI is InChI=1S/C15H18O6/c1-4-19-14(17)12-7-5-6-8-13(12)15(18)20-9-10(2)21-11(3)16/h5-8,10H,4,9H2,1-3H3. The molecule has 6 heteroatoms. The molecule has 0 aliphatic heterocycles. The van der Waals surface area contributed by atoms with Gasteiger partial charge < -0.3 is 14.2 Å². The molecular weight excluding hydrogens is 276 g/mol. The van der Waals surface area contributed by atoms with Gasteiger partial charge in [-0.2, -0.15) is 0 Å². The summed E-state index contributed by atoms with van der Waals surface area (Å²) in [5.74, 6) is -1.71. The maximum absolute atomic E-state index is 12.0. The molecular formula is C15H18O6. The zero-order valence-corrected chi connectivity index (χ0v) is 12.3. The fourth-order valence-electron chi connectivity index (χ4n) is 1.64. The van der Waals surface area contributed by atoms with Crippen molar-refractivity contribution in [2.75, 3.05) is 13.2 Å². The number of hydrogen-bond donors (Lipinski definition) is 0. The Morgan fingerprint density at radius 3 is 2.05 bits per heavy atom. The van der Waals surface area contributed by atoms with E-state index in [-0.39, 0.29) is 24.3 Å². The number of rotatable bonds is 6. The molecule has 0 fully saturated rings. The van der Waals surface area contributed by atoms with E-state index in [9.17, 15) is 14.4 Å². The van der Waals surface area contributed by atoms with Gasteiger partial charge in [-0.1, -0.05) is 12.1 Å². The first-order valence-electron chi connectivity index (χ1n) is 6.56. The molecule has 0 aromatic heterocycles. The van der Waals surface area contributed by atoms with E-state index in [2.05, 4.69) is 0 Å². The van der Waals surface area contributed by atoms with Crippen LogP contribution in [0.2, 0.25) is 0 Å². The molecule has 114 valence electrons. The van der Waals surface area contributed by atoms with E-state index in [0.29, 0.717) is 0 Å². The van der Waals surface area contributed by atoms with Crippen LogP contribution in [-0.2, 0) is 19.0 Å². The van der Waals surface area contributed by atoms with Crippen LogP contribution in [0.15, 0.2) is 24.3 Å². The molecule has 1 atom stereocenters. The monoisotopic (exact) mass is 294 g/mol. The molecule has 0 bridgehead atoms. The molecule has 0 heterocycles. The molecule has 0 N–H and O–H groups in total. The average molecular weight is 294 g/mol. The molecule has 0 spiro atoms. The minimum Gasteiger partial charge on any atom is -0.462 e. The number of ether oxygens (including phenoxy) is 3. The lowest BCUT2D eigenvalue weighted by Gasteiger charge is -2.13. The van der Waals surface area contributed by atoms with Crippen LogP contribution in [0.25, 0.3) is 0 Å². The Hall–Kier alpha value is -2.37. The van der Waals surface area contributed by atoms with Crippen molar-refractivity contribution in [1.82, 2.24) is 0 Å². The van der Waals surface area contributed by atoms with Crippen LogP contribution in [0.1, 0.15) is 41.5 Å². The lowest BCUT2D eigenvalue weighted by molar-refractivity contribution is -0.147. The van der Waals surface area contributed by atoms with Gasteiger partial charge in [0.1, 0.15) is 12.7 Å². The van der Waals surface area contributed by atoms with Crippen molar-refractivity contribution in [2.45, 2.75) is 26.9 Å². The van der Waals surface area contributed by atoms with E-state index in [4.69, 9.17) is 14.2 Å². The number of hydrogen-bond acceptors (Lipinski definition) is 6. The first kappa shape index (κ1) is 16.7. The third-order valence-electron chi connectivity index (χ3n) is 2.46. The Kier molecular flexibility index (Phi) is 6.39. The quantitative estimate of drug-likeness (QED) is 0.589. The van der Waals surface area contributed by atoms with Gasteiger partial charge in [0, 0.05) is 6.92 Å². The van der Waals surface area contributed by atoms with E-state index in [0.717, 1.165) is 0 Å². The molecule has 21 heavy (non-hydrogen) atoms. The van der Waals surface area contributed by atoms with E-state index in [1.165, 1.54) is 19.1 Å². The van der Waals surface area contributed by atoms with E-state index in [1.54, 1.807) is 26.0 Å². The van der Waals surface area contributed by atoms with Crippen LogP contribution in [0.5, 0.6) is 0 Å². The van der Waals surface area contributed by atoms with Crippen LogP contribution < -0.4 is 0 Å². The number of carbonyl (C=O) groups excluding carboxylic acids is 3. The van der Waals surface area contributed by atoms with Gasteiger partial charge in [0.15, 0.2) is 0 Å². The highest BCUT2D eigenvalue weighted by atomic mass is 16.6. The van der Waals surface area contributed by atoms with Crippen LogP contribution in [-0.4, -0.2) is 37.2 Å². The predicted molar refractivity (Wildman–Crippen MR) is 73.9 cm³/mol. The molecule has 0 aliphatic rings. The topological polar surface area (TPSA) is 78.9 Å². The SMILES string of the molecule is CCOC(=O)c1ccccc1C(=O)OCC(C)OC(C)=O. The van der Waals surface area contributed by atoms with Crippen LogP contribution in [0.3, 0.4) is 0 Å². The van der Waals surface area contributed by atoms with Gasteiger partial charge in [-0.05, 0) is 26.0 Å². The normalized spacial score (nSPS) is 11.4. The summed E-state index contributed by atoms with van der Waals surface area (Å²) in [4.78, 5) is 34.5. The second kappa shape index (κ2) is 8.04. The van der Waals surface area contributed by atoms with Gasteiger partial charge in [-0.15, -0.1) is 0 Å². The first-order chi connectivity index (χ1) is 9.95. The van der Waals surface area contributed by atoms with Crippen molar-refractivity contribution in [3.8, 4) is 0 Å². The summed E-state index contributed by atoms with van der Waals surface area (Å²) in [6, 6.07) is 6.22. The minimum absolute atomic E-state index is 0.0877. The summed E-state index contributed by atoms with van der Waals surface area (Å²) in [6.07, 6.45) is -0.554. The lowest BCUT2D eigenvalue weighted by Crippen LogP contribution is -2.22. The van der Waals surface area contributed by atoms with Crippen LogP contribution in [0.4, 0.5) is 0 Å². The smallest absolute Gasteiger partial charge is 0.339 e. The van der Waals surface area contributed by atoms with Crippen molar-refractivity contribution >= 4 is 17.9 Å². The van der Waals surface area contributed by atoms with Crippen LogP contribution in [0, 0.1) is 0 Å². The maximum atomic E-state index is 12.0. The molecule has 0 saturated carbocycles. The van der Waals surface area contributed by atoms with Crippen molar-refractivity contribution in [1.29, 1.82) is 0 Å². The van der Waals surface area contributed by atoms with E-state index >= 15 is 0 Å². The highest BCUT2D eigenvalue weighted by molar-refractivity contribution is 6.03. The average Bonchev–Trinajstić information content (AvgIpc) is 2.44. The second-order valence-corrected chi connectivity index (χ2v) is 4.28. The van der Waals surface area contributed by atoms with Gasteiger partial charge in [-0.3, -0.25) is 4.79 Å². The van der Waals surface area contributed by atoms with Crippen molar-refractivity contribution in [3.63, 3.8) is 0 Å². The minimum atomic E-state index is -0.669. The third kappa shape index (κ3) is 5.25. The Labute approximate surface area is 123 Å². The highest BCUT2D eigenvalue weighted by Crippen LogP contribution is 2.12. The Morgan fingerprint density at radius 1 is 1.05 bits per heavy atom. The van der Waals surface area contributed by atoms with Crippen molar-refractivity contribution in [3.05, 3.63) is 35.4 Å². The van der Waals surface area contributed by atoms with Gasteiger partial charge >= 0.3 is 17.9 Å². The Bertz CT molecular complexity index is 523. The first-order valence-corrected chi connectivity index (χ1v) is 6.56. The highest BCUT2D eigenvalue weighted by Gasteiger charge is 2.19. The molecule has 1 aromatic carbocycles. The van der Waals surface area contributed by atoms with Crippen LogP contribution >= 0.6 is 0 Å². The summed E-state index contributed by atoms with van der Waals surface area (Å²) in [5, 5.41) is 0. The molecule has 0 amide bonds. The molecule has 1 aromatic rings. The third-order valence-corrected chi connectivity index (χ3v) is 2.46. The predicted octanol–water partition coefficient (Wildman–Crippen LogP) is 1.97. The lowest BCUT2D eigenvalue weighted by atomic mass is 10.1. The molecule has 6 nitrogen and oxygen atoms in total. The van der Waals surface area contributed by atoms with E-state index in [1.807, 2.05) is 0 Å². The molecule has 0 aliphatic carbocycles. The zero-order valence-electron chi connectivity index (χ0n) is 12.3. The fourth-order valence-corrected chi connectivity index (χ4v) is 1.64. The second-order valence-electron chi connectivity index (χ2n) is 4.28. The summed E-state index contributed by atoms with van der Waals surface area (Å²) < 4.78 is 14.8. The summed E-state index contributed by atoms with van der Waals surface area (Å²) in [7, 11) is 0. The summed E-state index contributed by atoms with van der Waals surface area (Å²) in [5.41, 5.74) is 0.260. The van der Waals surface area contributed by atoms with Gasteiger partial charge in [-0.25, -0.2) is 9.59 Å². The van der Waals surface area contributed by atoms with Gasteiger partial charge in [0.2, 0.25) is 0 Å². The Morgan fingerprint density at radius 2 is 1.57 bits per heavy atom. The zero-order chi connectivity index (χ0) is 15.8. The fraction of sp³-hybridized carbons (Fsp3) is 0.400. The maximum Gasteiger partial charge on any atom is 0.339 e. The van der Waals surface area contributed by atoms with Gasteiger partial charge in [0.25, 0.3) is 0 Å². The summed E-state index contributed by atoms with van der Waals surface area (Å²) in [6.45, 7) is 4.68. The molecule has 0 radical (unpaired) electrons. The van der Waals surface area contributed by atoms with Gasteiger partial charge in [0.05, 0.1) is 17.7 Å². The Balaban J connectivity index is 2.74. The number of benzene rings is 1. The number of carbonyl (C=O) groups is 3. The summed E-state index contributed by atoms with van der Waals surface area (Å²) >= 11 is 0. The largest absolute Gasteiger partial charge is 0.462 e.